The summed E-state index contributed by atoms with van der Waals surface area (Å²) in [4.78, 5) is 11.3. The molecule has 24 heavy (non-hydrogen) atoms. The second-order valence-corrected chi connectivity index (χ2v) is 7.39. The van der Waals surface area contributed by atoms with Gasteiger partial charge in [-0.25, -0.2) is 0 Å². The molecule has 1 aliphatic heterocycles. The molecule has 5 heteroatoms. The Kier molecular flexibility index (Phi) is 3.68. The standard InChI is InChI=1S/C19H17BrN2O2/c1-11-8-9-16(22(23)24)17-14-6-3-7-15(14)19(21-18(11)17)12-4-2-5-13(20)10-12/h2-6,8-10,14-15,19,21H,7H2,1H3/t14-,15+,19+/m0/s1. The number of aryl methyl sites for hydroxylation is 1. The normalized spacial score (nSPS) is 24.2. The lowest BCUT2D eigenvalue weighted by molar-refractivity contribution is -0.385. The highest BCUT2D eigenvalue weighted by Gasteiger charge is 2.42. The van der Waals surface area contributed by atoms with Crippen LogP contribution in [-0.2, 0) is 0 Å². The third kappa shape index (κ3) is 2.35. The molecule has 2 aromatic carbocycles. The van der Waals surface area contributed by atoms with Crippen molar-refractivity contribution in [1.29, 1.82) is 0 Å². The van der Waals surface area contributed by atoms with Crippen LogP contribution in [0.15, 0.2) is 53.0 Å². The number of rotatable bonds is 2. The van der Waals surface area contributed by atoms with Gasteiger partial charge in [0.25, 0.3) is 5.69 Å². The van der Waals surface area contributed by atoms with Crippen LogP contribution in [0, 0.1) is 23.0 Å². The van der Waals surface area contributed by atoms with Crippen LogP contribution in [0.4, 0.5) is 11.4 Å². The Labute approximate surface area is 148 Å². The maximum Gasteiger partial charge on any atom is 0.275 e. The lowest BCUT2D eigenvalue weighted by Crippen LogP contribution is -2.30. The van der Waals surface area contributed by atoms with Crippen LogP contribution in [0.25, 0.3) is 0 Å². The molecule has 0 bridgehead atoms. The largest absolute Gasteiger partial charge is 0.377 e. The van der Waals surface area contributed by atoms with Gasteiger partial charge in [0.1, 0.15) is 0 Å². The zero-order valence-electron chi connectivity index (χ0n) is 13.2. The number of halogens is 1. The predicted molar refractivity (Wildman–Crippen MR) is 98.3 cm³/mol. The SMILES string of the molecule is Cc1ccc([N+](=O)[O-])c2c1N[C@H](c1cccc(Br)c1)[C@@H]1CC=C[C@H]21. The maximum atomic E-state index is 11.5. The quantitative estimate of drug-likeness (QED) is 0.422. The number of benzene rings is 2. The minimum absolute atomic E-state index is 0.0885. The Morgan fingerprint density at radius 1 is 1.29 bits per heavy atom. The van der Waals surface area contributed by atoms with Gasteiger partial charge in [0.2, 0.25) is 0 Å². The number of hydrogen-bond acceptors (Lipinski definition) is 3. The average molecular weight is 385 g/mol. The molecule has 0 amide bonds. The molecule has 0 radical (unpaired) electrons. The van der Waals surface area contributed by atoms with E-state index >= 15 is 0 Å². The van der Waals surface area contributed by atoms with E-state index in [1.165, 1.54) is 5.56 Å². The van der Waals surface area contributed by atoms with E-state index in [-0.39, 0.29) is 22.6 Å². The number of anilines is 1. The van der Waals surface area contributed by atoms with Crippen molar-refractivity contribution in [1.82, 2.24) is 0 Å². The van der Waals surface area contributed by atoms with Crippen LogP contribution in [0.1, 0.15) is 35.1 Å². The zero-order valence-corrected chi connectivity index (χ0v) is 14.8. The summed E-state index contributed by atoms with van der Waals surface area (Å²) in [5, 5.41) is 15.1. The van der Waals surface area contributed by atoms with Crippen molar-refractivity contribution in [3.05, 3.63) is 79.8 Å². The fourth-order valence-corrected chi connectivity index (χ4v) is 4.44. The molecule has 4 nitrogen and oxygen atoms in total. The van der Waals surface area contributed by atoms with E-state index in [0.29, 0.717) is 5.92 Å². The van der Waals surface area contributed by atoms with Crippen LogP contribution in [0.5, 0.6) is 0 Å². The van der Waals surface area contributed by atoms with Crippen LogP contribution in [-0.4, -0.2) is 4.92 Å². The minimum atomic E-state index is -0.261. The molecule has 0 spiro atoms. The molecule has 122 valence electrons. The highest BCUT2D eigenvalue weighted by molar-refractivity contribution is 9.10. The number of fused-ring (bicyclic) bond motifs is 3. The molecule has 4 rings (SSSR count). The number of nitro groups is 1. The van der Waals surface area contributed by atoms with Gasteiger partial charge < -0.3 is 5.32 Å². The molecule has 2 aromatic rings. The topological polar surface area (TPSA) is 55.2 Å². The first kappa shape index (κ1) is 15.4. The Balaban J connectivity index is 1.88. The summed E-state index contributed by atoms with van der Waals surface area (Å²) in [6.45, 7) is 2.01. The van der Waals surface area contributed by atoms with Crippen molar-refractivity contribution in [3.8, 4) is 0 Å². The number of nitrogens with zero attached hydrogens (tertiary/aromatic N) is 1. The van der Waals surface area contributed by atoms with Crippen molar-refractivity contribution in [2.45, 2.75) is 25.3 Å². The summed E-state index contributed by atoms with van der Waals surface area (Å²) in [6.07, 6.45) is 5.23. The molecule has 1 aliphatic carbocycles. The first-order valence-electron chi connectivity index (χ1n) is 8.03. The van der Waals surface area contributed by atoms with Gasteiger partial charge in [-0.15, -0.1) is 0 Å². The van der Waals surface area contributed by atoms with Gasteiger partial charge in [-0.3, -0.25) is 10.1 Å². The average Bonchev–Trinajstić information content (AvgIpc) is 3.04. The highest BCUT2D eigenvalue weighted by atomic mass is 79.9. The van der Waals surface area contributed by atoms with E-state index < -0.39 is 0 Å². The van der Waals surface area contributed by atoms with E-state index in [9.17, 15) is 10.1 Å². The number of nitro benzene ring substituents is 1. The molecule has 3 atom stereocenters. The summed E-state index contributed by atoms with van der Waals surface area (Å²) in [5.74, 6) is 0.387. The summed E-state index contributed by atoms with van der Waals surface area (Å²) >= 11 is 3.55. The first-order valence-corrected chi connectivity index (χ1v) is 8.82. The monoisotopic (exact) mass is 384 g/mol. The molecule has 0 aromatic heterocycles. The molecule has 0 saturated heterocycles. The van der Waals surface area contributed by atoms with Gasteiger partial charge in [-0.1, -0.05) is 46.3 Å². The van der Waals surface area contributed by atoms with E-state index in [1.807, 2.05) is 25.1 Å². The minimum Gasteiger partial charge on any atom is -0.377 e. The van der Waals surface area contributed by atoms with Gasteiger partial charge in [-0.05, 0) is 42.5 Å². The lowest BCUT2D eigenvalue weighted by Gasteiger charge is -2.38. The van der Waals surface area contributed by atoms with Crippen LogP contribution >= 0.6 is 15.9 Å². The van der Waals surface area contributed by atoms with Crippen LogP contribution in [0.2, 0.25) is 0 Å². The summed E-state index contributed by atoms with van der Waals surface area (Å²) in [6, 6.07) is 11.9. The van der Waals surface area contributed by atoms with Crippen molar-refractivity contribution in [2.75, 3.05) is 5.32 Å². The Hall–Kier alpha value is -2.14. The van der Waals surface area contributed by atoms with Crippen LogP contribution in [0.3, 0.4) is 0 Å². The second-order valence-electron chi connectivity index (χ2n) is 6.48. The van der Waals surface area contributed by atoms with Crippen molar-refractivity contribution < 1.29 is 4.92 Å². The summed E-state index contributed by atoms with van der Waals surface area (Å²) in [7, 11) is 0. The number of hydrogen-bond donors (Lipinski definition) is 1. The Bertz CT molecular complexity index is 862. The van der Waals surface area contributed by atoms with Crippen molar-refractivity contribution in [2.24, 2.45) is 5.92 Å². The third-order valence-electron chi connectivity index (χ3n) is 5.11. The van der Waals surface area contributed by atoms with E-state index in [0.717, 1.165) is 27.7 Å². The lowest BCUT2D eigenvalue weighted by atomic mass is 9.76. The summed E-state index contributed by atoms with van der Waals surface area (Å²) < 4.78 is 1.05. The van der Waals surface area contributed by atoms with Gasteiger partial charge in [0.05, 0.1) is 16.5 Å². The third-order valence-corrected chi connectivity index (χ3v) is 5.60. The molecular weight excluding hydrogens is 368 g/mol. The predicted octanol–water partition coefficient (Wildman–Crippen LogP) is 5.49. The highest BCUT2D eigenvalue weighted by Crippen LogP contribution is 2.53. The van der Waals surface area contributed by atoms with Gasteiger partial charge >= 0.3 is 0 Å². The van der Waals surface area contributed by atoms with Gasteiger partial charge in [-0.2, -0.15) is 0 Å². The maximum absolute atomic E-state index is 11.5. The molecule has 0 unspecified atom stereocenters. The molecule has 1 heterocycles. The summed E-state index contributed by atoms with van der Waals surface area (Å²) in [5.41, 5.74) is 4.23. The fourth-order valence-electron chi connectivity index (χ4n) is 4.02. The zero-order chi connectivity index (χ0) is 16.8. The number of nitrogens with one attached hydrogen (secondary N) is 1. The molecule has 1 N–H and O–H groups in total. The molecule has 2 aliphatic rings. The van der Waals surface area contributed by atoms with E-state index in [1.54, 1.807) is 6.07 Å². The number of allylic oxidation sites excluding steroid dienone is 2. The van der Waals surface area contributed by atoms with Crippen molar-refractivity contribution in [3.63, 3.8) is 0 Å². The fraction of sp³-hybridized carbons (Fsp3) is 0.263. The molecule has 0 fully saturated rings. The van der Waals surface area contributed by atoms with Gasteiger partial charge in [0, 0.05) is 22.1 Å². The smallest absolute Gasteiger partial charge is 0.275 e. The first-order chi connectivity index (χ1) is 11.6. The second kappa shape index (κ2) is 5.74. The van der Waals surface area contributed by atoms with E-state index in [4.69, 9.17) is 0 Å². The van der Waals surface area contributed by atoms with Crippen LogP contribution < -0.4 is 5.32 Å². The molecule has 0 saturated carbocycles. The Morgan fingerprint density at radius 3 is 2.88 bits per heavy atom. The molecular formula is C19H17BrN2O2. The van der Waals surface area contributed by atoms with E-state index in [2.05, 4.69) is 45.5 Å². The van der Waals surface area contributed by atoms with Crippen molar-refractivity contribution >= 4 is 27.3 Å². The van der Waals surface area contributed by atoms with Gasteiger partial charge in [0.15, 0.2) is 0 Å². The Morgan fingerprint density at radius 2 is 2.12 bits per heavy atom.